The Balaban J connectivity index is 1.48. The summed E-state index contributed by atoms with van der Waals surface area (Å²) in [7, 11) is 0. The largest absolute Gasteiger partial charge is 0.352 e. The minimum absolute atomic E-state index is 0.0592. The molecule has 5 rings (SSSR count). The van der Waals surface area contributed by atoms with Gasteiger partial charge in [0.1, 0.15) is 17.5 Å². The lowest BCUT2D eigenvalue weighted by Gasteiger charge is -2.36. The summed E-state index contributed by atoms with van der Waals surface area (Å²) in [6.07, 6.45) is 1.72. The fourth-order valence-electron chi connectivity index (χ4n) is 4.65. The van der Waals surface area contributed by atoms with E-state index in [-0.39, 0.29) is 11.7 Å². The highest BCUT2D eigenvalue weighted by molar-refractivity contribution is 6.33. The van der Waals surface area contributed by atoms with E-state index in [9.17, 15) is 9.18 Å². The molecule has 1 aliphatic heterocycles. The lowest BCUT2D eigenvalue weighted by molar-refractivity contribution is 0.0746. The van der Waals surface area contributed by atoms with Crippen molar-refractivity contribution < 1.29 is 9.18 Å². The molecule has 1 fully saturated rings. The number of hydrogen-bond donors (Lipinski definition) is 0. The van der Waals surface area contributed by atoms with Crippen LogP contribution in [0.4, 0.5) is 10.2 Å². The lowest BCUT2D eigenvalue weighted by atomic mass is 10.1. The van der Waals surface area contributed by atoms with E-state index in [1.165, 1.54) is 12.1 Å². The van der Waals surface area contributed by atoms with E-state index in [1.807, 2.05) is 24.0 Å². The van der Waals surface area contributed by atoms with Crippen LogP contribution in [0.1, 0.15) is 42.1 Å². The number of carbonyl (C=O) groups excluding carboxylic acids is 1. The molecule has 0 unspecified atom stereocenters. The van der Waals surface area contributed by atoms with Crippen LogP contribution in [0.15, 0.2) is 48.5 Å². The highest BCUT2D eigenvalue weighted by Gasteiger charge is 2.27. The summed E-state index contributed by atoms with van der Waals surface area (Å²) in [5.41, 5.74) is 2.78. The van der Waals surface area contributed by atoms with Gasteiger partial charge in [-0.1, -0.05) is 37.6 Å². The second kappa shape index (κ2) is 10.5. The molecule has 1 amide bonds. The van der Waals surface area contributed by atoms with Gasteiger partial charge in [-0.25, -0.2) is 19.0 Å². The van der Waals surface area contributed by atoms with E-state index in [0.29, 0.717) is 48.3 Å². The number of benzene rings is 2. The summed E-state index contributed by atoms with van der Waals surface area (Å²) in [6.45, 7) is 8.69. The number of nitrogens with zero attached hydrogens (tertiary/aromatic N) is 6. The number of rotatable bonds is 6. The van der Waals surface area contributed by atoms with Gasteiger partial charge in [0, 0.05) is 32.6 Å². The summed E-state index contributed by atoms with van der Waals surface area (Å²) in [4.78, 5) is 27.0. The SMILES string of the molecule is Cc1nn(-c2ccc(F)cc2)c2nc(CCC(C)C)nc(N3CCN(C(=O)c4ccccc4Cl)CC3)c12. The predicted molar refractivity (Wildman–Crippen MR) is 144 cm³/mol. The molecule has 0 N–H and O–H groups in total. The monoisotopic (exact) mass is 520 g/mol. The van der Waals surface area contributed by atoms with E-state index in [2.05, 4.69) is 18.7 Å². The van der Waals surface area contributed by atoms with Crippen molar-refractivity contribution >= 4 is 34.4 Å². The highest BCUT2D eigenvalue weighted by Crippen LogP contribution is 2.30. The molecule has 1 aliphatic rings. The van der Waals surface area contributed by atoms with E-state index < -0.39 is 0 Å². The number of aryl methyl sites for hydroxylation is 2. The Labute approximate surface area is 220 Å². The van der Waals surface area contributed by atoms with Gasteiger partial charge in [-0.05, 0) is 55.7 Å². The van der Waals surface area contributed by atoms with Crippen LogP contribution >= 0.6 is 11.6 Å². The van der Waals surface area contributed by atoms with Crippen LogP contribution in [-0.4, -0.2) is 56.7 Å². The maximum Gasteiger partial charge on any atom is 0.255 e. The van der Waals surface area contributed by atoms with Crippen molar-refractivity contribution in [2.24, 2.45) is 5.92 Å². The van der Waals surface area contributed by atoms with E-state index in [1.54, 1.807) is 28.9 Å². The van der Waals surface area contributed by atoms with Gasteiger partial charge in [0.25, 0.3) is 5.91 Å². The van der Waals surface area contributed by atoms with Crippen LogP contribution in [-0.2, 0) is 6.42 Å². The summed E-state index contributed by atoms with van der Waals surface area (Å²) in [6, 6.07) is 13.4. The minimum atomic E-state index is -0.297. The normalized spacial score (nSPS) is 14.1. The number of halogens is 2. The highest BCUT2D eigenvalue weighted by atomic mass is 35.5. The summed E-state index contributed by atoms with van der Waals surface area (Å²) in [5, 5.41) is 6.10. The van der Waals surface area contributed by atoms with Gasteiger partial charge in [0.2, 0.25) is 0 Å². The Kier molecular flexibility index (Phi) is 7.11. The van der Waals surface area contributed by atoms with Gasteiger partial charge in [0.15, 0.2) is 5.65 Å². The van der Waals surface area contributed by atoms with Crippen LogP contribution < -0.4 is 4.90 Å². The average Bonchev–Trinajstić information content (AvgIpc) is 3.23. The third-order valence-electron chi connectivity index (χ3n) is 6.72. The second-order valence-electron chi connectivity index (χ2n) is 9.83. The van der Waals surface area contributed by atoms with Gasteiger partial charge < -0.3 is 9.80 Å². The van der Waals surface area contributed by atoms with Gasteiger partial charge >= 0.3 is 0 Å². The molecule has 0 radical (unpaired) electrons. The molecular formula is C28H30ClFN6O. The zero-order valence-electron chi connectivity index (χ0n) is 21.3. The van der Waals surface area contributed by atoms with Crippen LogP contribution in [0.2, 0.25) is 5.02 Å². The number of anilines is 1. The van der Waals surface area contributed by atoms with Crippen molar-refractivity contribution in [2.45, 2.75) is 33.6 Å². The fraction of sp³-hybridized carbons (Fsp3) is 0.357. The number of amides is 1. The number of hydrogen-bond acceptors (Lipinski definition) is 5. The first-order valence-corrected chi connectivity index (χ1v) is 13.0. The molecule has 9 heteroatoms. The first-order valence-electron chi connectivity index (χ1n) is 12.6. The smallest absolute Gasteiger partial charge is 0.255 e. The van der Waals surface area contributed by atoms with Crippen molar-refractivity contribution in [2.75, 3.05) is 31.1 Å². The first-order chi connectivity index (χ1) is 17.8. The third kappa shape index (κ3) is 5.16. The van der Waals surface area contributed by atoms with E-state index in [0.717, 1.165) is 41.3 Å². The Hall–Kier alpha value is -3.52. The minimum Gasteiger partial charge on any atom is -0.352 e. The quantitative estimate of drug-likeness (QED) is 0.337. The Morgan fingerprint density at radius 3 is 2.41 bits per heavy atom. The maximum absolute atomic E-state index is 13.6. The van der Waals surface area contributed by atoms with Gasteiger partial charge in [-0.2, -0.15) is 5.10 Å². The zero-order chi connectivity index (χ0) is 26.1. The zero-order valence-corrected chi connectivity index (χ0v) is 22.0. The Bertz CT molecular complexity index is 1430. The van der Waals surface area contributed by atoms with Crippen molar-refractivity contribution in [1.29, 1.82) is 0 Å². The van der Waals surface area contributed by atoms with Gasteiger partial charge in [-0.15, -0.1) is 0 Å². The molecule has 3 heterocycles. The third-order valence-corrected chi connectivity index (χ3v) is 7.05. The molecule has 0 bridgehead atoms. The van der Waals surface area contributed by atoms with E-state index in [4.69, 9.17) is 26.7 Å². The van der Waals surface area contributed by atoms with Crippen LogP contribution in [0.3, 0.4) is 0 Å². The molecule has 4 aromatic rings. The molecule has 37 heavy (non-hydrogen) atoms. The van der Waals surface area contributed by atoms with Crippen molar-refractivity contribution in [3.63, 3.8) is 0 Å². The molecule has 192 valence electrons. The summed E-state index contributed by atoms with van der Waals surface area (Å²) < 4.78 is 15.4. The summed E-state index contributed by atoms with van der Waals surface area (Å²) in [5.74, 6) is 1.75. The Morgan fingerprint density at radius 2 is 1.73 bits per heavy atom. The van der Waals surface area contributed by atoms with Crippen LogP contribution in [0.5, 0.6) is 0 Å². The molecule has 0 atom stereocenters. The molecule has 2 aromatic heterocycles. The Morgan fingerprint density at radius 1 is 1.03 bits per heavy atom. The van der Waals surface area contributed by atoms with Gasteiger partial charge in [0.05, 0.1) is 27.4 Å². The van der Waals surface area contributed by atoms with Crippen LogP contribution in [0, 0.1) is 18.7 Å². The molecule has 0 saturated carbocycles. The average molecular weight is 521 g/mol. The van der Waals surface area contributed by atoms with Crippen molar-refractivity contribution in [1.82, 2.24) is 24.6 Å². The lowest BCUT2D eigenvalue weighted by Crippen LogP contribution is -2.49. The van der Waals surface area contributed by atoms with Gasteiger partial charge in [-0.3, -0.25) is 4.79 Å². The number of aromatic nitrogens is 4. The van der Waals surface area contributed by atoms with Crippen LogP contribution in [0.25, 0.3) is 16.7 Å². The molecule has 7 nitrogen and oxygen atoms in total. The number of fused-ring (bicyclic) bond motifs is 1. The number of piperazine rings is 1. The molecule has 2 aromatic carbocycles. The topological polar surface area (TPSA) is 67.2 Å². The molecule has 0 spiro atoms. The standard InChI is InChI=1S/C28H30ClFN6O/c1-18(2)8-13-24-31-26(25-19(3)33-36(27(25)32-24)21-11-9-20(30)10-12-21)34-14-16-35(17-15-34)28(37)22-6-4-5-7-23(22)29/h4-7,9-12,18H,8,13-17H2,1-3H3. The predicted octanol–water partition coefficient (Wildman–Crippen LogP) is 5.47. The molecule has 0 aliphatic carbocycles. The fourth-order valence-corrected chi connectivity index (χ4v) is 4.87. The first kappa shape index (κ1) is 25.1. The van der Waals surface area contributed by atoms with Crippen molar-refractivity contribution in [3.05, 3.63) is 76.5 Å². The molecule has 1 saturated heterocycles. The second-order valence-corrected chi connectivity index (χ2v) is 10.2. The van der Waals surface area contributed by atoms with Crippen molar-refractivity contribution in [3.8, 4) is 5.69 Å². The maximum atomic E-state index is 13.6. The number of carbonyl (C=O) groups is 1. The summed E-state index contributed by atoms with van der Waals surface area (Å²) >= 11 is 6.27. The van der Waals surface area contributed by atoms with E-state index >= 15 is 0 Å². The molecular weight excluding hydrogens is 491 g/mol.